The van der Waals surface area contributed by atoms with Crippen LogP contribution in [0, 0.1) is 11.7 Å². The van der Waals surface area contributed by atoms with Crippen molar-refractivity contribution in [2.75, 3.05) is 38.1 Å². The first-order valence-corrected chi connectivity index (χ1v) is 19.3. The minimum atomic E-state index is -4.03. The van der Waals surface area contributed by atoms with E-state index in [9.17, 15) is 31.1 Å². The third-order valence-corrected chi connectivity index (χ3v) is 11.9. The molecule has 1 aliphatic heterocycles. The number of rotatable bonds is 9. The molecule has 1 heterocycles. The van der Waals surface area contributed by atoms with Crippen molar-refractivity contribution in [3.05, 3.63) is 83.1 Å². The van der Waals surface area contributed by atoms with Crippen molar-refractivity contribution in [1.82, 2.24) is 9.21 Å². The van der Waals surface area contributed by atoms with Crippen molar-refractivity contribution in [2.45, 2.75) is 68.1 Å². The summed E-state index contributed by atoms with van der Waals surface area (Å²) in [6.07, 6.45) is 1.05. The molecule has 0 spiro atoms. The molecule has 0 saturated heterocycles. The van der Waals surface area contributed by atoms with Gasteiger partial charge in [0.15, 0.2) is 0 Å². The van der Waals surface area contributed by atoms with Gasteiger partial charge in [0, 0.05) is 43.4 Å². The highest BCUT2D eigenvalue weighted by atomic mass is 35.5. The summed E-state index contributed by atoms with van der Waals surface area (Å²) < 4.78 is 82.7. The molecule has 268 valence electrons. The van der Waals surface area contributed by atoms with Crippen LogP contribution in [0.4, 0.5) is 10.1 Å². The molecule has 0 aliphatic carbocycles. The second kappa shape index (κ2) is 16.6. The number of aliphatic hydroxyl groups excluding tert-OH is 1. The van der Waals surface area contributed by atoms with E-state index in [1.54, 1.807) is 13.0 Å². The molecule has 49 heavy (non-hydrogen) atoms. The first kappa shape index (κ1) is 38.5. The summed E-state index contributed by atoms with van der Waals surface area (Å²) in [6.45, 7) is 5.34. The topological polar surface area (TPSA) is 143 Å². The lowest BCUT2D eigenvalue weighted by molar-refractivity contribution is -0.00834. The number of hydrogen-bond acceptors (Lipinski definition) is 8. The number of hydrogen-bond donors (Lipinski definition) is 2. The Morgan fingerprint density at radius 2 is 1.67 bits per heavy atom. The Morgan fingerprint density at radius 3 is 2.33 bits per heavy atom. The van der Waals surface area contributed by atoms with Gasteiger partial charge in [0.05, 0.1) is 40.2 Å². The summed E-state index contributed by atoms with van der Waals surface area (Å²) in [6, 6.07) is 14.0. The van der Waals surface area contributed by atoms with E-state index in [0.717, 1.165) is 22.9 Å². The Balaban J connectivity index is 1.67. The van der Waals surface area contributed by atoms with E-state index in [-0.39, 0.29) is 52.6 Å². The van der Waals surface area contributed by atoms with Crippen LogP contribution in [0.3, 0.4) is 0 Å². The number of aliphatic hydroxyl groups is 1. The molecule has 0 bridgehead atoms. The second-order valence-corrected chi connectivity index (χ2v) is 16.5. The maximum Gasteiger partial charge on any atom is 0.261 e. The Hall–Kier alpha value is -3.27. The normalized spacial score (nSPS) is 20.6. The maximum atomic E-state index is 14.4. The lowest BCUT2D eigenvalue weighted by atomic mass is 10.0. The van der Waals surface area contributed by atoms with Crippen LogP contribution in [0.25, 0.3) is 0 Å². The predicted molar refractivity (Wildman–Crippen MR) is 185 cm³/mol. The number of likely N-dealkylation sites (N-methyl/N-ethyl adjacent to an activating group) is 1. The summed E-state index contributed by atoms with van der Waals surface area (Å²) >= 11 is 5.93. The van der Waals surface area contributed by atoms with E-state index < -0.39 is 49.8 Å². The Labute approximate surface area is 293 Å². The van der Waals surface area contributed by atoms with Gasteiger partial charge in [-0.2, -0.15) is 4.31 Å². The Bertz CT molecular complexity index is 1790. The molecule has 4 atom stereocenters. The highest BCUT2D eigenvalue weighted by Gasteiger charge is 2.32. The van der Waals surface area contributed by atoms with Crippen molar-refractivity contribution in [3.63, 3.8) is 0 Å². The summed E-state index contributed by atoms with van der Waals surface area (Å²) in [4.78, 5) is 15.7. The molecule has 3 aromatic carbocycles. The standard InChI is InChI=1S/C34H43ClFN3O8S2/c1-23-20-39(24(2)22-40)34(41)31-19-28(37-48(42,43)29-13-8-26(35)9-14-29)12-17-32(31)47-25(3)7-5-6-18-46-33(23)21-38(4)49(44,45)30-15-10-27(36)11-16-30/h8-17,19,23-25,33,37,40H,5-7,18,20-22H2,1-4H3/t23-,24+,25-,33+/m0/s1. The second-order valence-electron chi connectivity index (χ2n) is 12.3. The SMILES string of the molecule is C[C@H](CO)N1C[C@H](C)[C@@H](CN(C)S(=O)(=O)c2ccc(F)cc2)OCCCC[C@H](C)Oc2ccc(NS(=O)(=O)c3ccc(Cl)cc3)cc2C1=O. The van der Waals surface area contributed by atoms with E-state index in [1.807, 2.05) is 13.8 Å². The van der Waals surface area contributed by atoms with Crippen LogP contribution in [0.15, 0.2) is 76.5 Å². The van der Waals surface area contributed by atoms with Gasteiger partial charge in [0.1, 0.15) is 11.6 Å². The molecule has 0 unspecified atom stereocenters. The monoisotopic (exact) mass is 739 g/mol. The van der Waals surface area contributed by atoms with Gasteiger partial charge in [0.2, 0.25) is 10.0 Å². The number of halogens is 2. The van der Waals surface area contributed by atoms with Gasteiger partial charge in [-0.3, -0.25) is 9.52 Å². The molecule has 11 nitrogen and oxygen atoms in total. The molecule has 0 saturated carbocycles. The molecular formula is C34H43ClFN3O8S2. The first-order valence-electron chi connectivity index (χ1n) is 16.0. The Morgan fingerprint density at radius 1 is 1.02 bits per heavy atom. The van der Waals surface area contributed by atoms with Crippen LogP contribution in [-0.2, 0) is 24.8 Å². The van der Waals surface area contributed by atoms with Crippen LogP contribution in [-0.4, -0.2) is 88.7 Å². The quantitative estimate of drug-likeness (QED) is 0.297. The fourth-order valence-corrected chi connectivity index (χ4v) is 7.77. The number of carbonyl (C=O) groups excluding carboxylic acids is 1. The summed E-state index contributed by atoms with van der Waals surface area (Å²) in [7, 11) is -6.60. The molecule has 1 amide bonds. The minimum Gasteiger partial charge on any atom is -0.490 e. The lowest BCUT2D eigenvalue weighted by Gasteiger charge is -2.35. The molecule has 3 aromatic rings. The highest BCUT2D eigenvalue weighted by Crippen LogP contribution is 2.30. The Kier molecular flexibility index (Phi) is 13.1. The number of sulfonamides is 2. The average Bonchev–Trinajstić information content (AvgIpc) is 3.06. The predicted octanol–water partition coefficient (Wildman–Crippen LogP) is 5.40. The largest absolute Gasteiger partial charge is 0.490 e. The number of ether oxygens (including phenoxy) is 2. The van der Waals surface area contributed by atoms with Gasteiger partial charge in [-0.05, 0) is 99.8 Å². The van der Waals surface area contributed by atoms with Crippen molar-refractivity contribution in [1.29, 1.82) is 0 Å². The third-order valence-electron chi connectivity index (χ3n) is 8.39. The maximum absolute atomic E-state index is 14.4. The van der Waals surface area contributed by atoms with Crippen LogP contribution in [0.1, 0.15) is 50.4 Å². The van der Waals surface area contributed by atoms with Crippen LogP contribution in [0.2, 0.25) is 5.02 Å². The number of fused-ring (bicyclic) bond motifs is 1. The highest BCUT2D eigenvalue weighted by molar-refractivity contribution is 7.92. The zero-order valence-electron chi connectivity index (χ0n) is 27.9. The van der Waals surface area contributed by atoms with Crippen molar-refractivity contribution in [2.24, 2.45) is 5.92 Å². The number of amides is 1. The lowest BCUT2D eigenvalue weighted by Crippen LogP contribution is -2.48. The van der Waals surface area contributed by atoms with E-state index in [4.69, 9.17) is 21.1 Å². The summed E-state index contributed by atoms with van der Waals surface area (Å²) in [5, 5.41) is 10.6. The van der Waals surface area contributed by atoms with Gasteiger partial charge in [-0.1, -0.05) is 18.5 Å². The van der Waals surface area contributed by atoms with Gasteiger partial charge in [-0.25, -0.2) is 21.2 Å². The zero-order chi connectivity index (χ0) is 35.9. The van der Waals surface area contributed by atoms with E-state index >= 15 is 0 Å². The van der Waals surface area contributed by atoms with Gasteiger partial charge in [0.25, 0.3) is 15.9 Å². The number of benzene rings is 3. The van der Waals surface area contributed by atoms with Crippen LogP contribution < -0.4 is 9.46 Å². The van der Waals surface area contributed by atoms with Gasteiger partial charge >= 0.3 is 0 Å². The molecule has 4 rings (SSSR count). The zero-order valence-corrected chi connectivity index (χ0v) is 30.3. The smallest absolute Gasteiger partial charge is 0.261 e. The van der Waals surface area contributed by atoms with Crippen molar-refractivity contribution in [3.8, 4) is 5.75 Å². The summed E-state index contributed by atoms with van der Waals surface area (Å²) in [5.41, 5.74) is 0.207. The van der Waals surface area contributed by atoms with E-state index in [2.05, 4.69) is 4.72 Å². The third kappa shape index (κ3) is 9.92. The average molecular weight is 740 g/mol. The van der Waals surface area contributed by atoms with Gasteiger partial charge < -0.3 is 19.5 Å². The number of carbonyl (C=O) groups is 1. The minimum absolute atomic E-state index is 0.0185. The fourth-order valence-electron chi connectivity index (χ4n) is 5.41. The molecule has 0 radical (unpaired) electrons. The summed E-state index contributed by atoms with van der Waals surface area (Å²) in [5.74, 6) is -1.25. The number of anilines is 1. The van der Waals surface area contributed by atoms with Crippen LogP contribution >= 0.6 is 11.6 Å². The molecule has 15 heteroatoms. The fraction of sp³-hybridized carbons (Fsp3) is 0.441. The number of nitrogens with one attached hydrogen (secondary N) is 1. The molecule has 2 N–H and O–H groups in total. The molecule has 0 aromatic heterocycles. The van der Waals surface area contributed by atoms with Gasteiger partial charge in [-0.15, -0.1) is 0 Å². The number of nitrogens with zero attached hydrogens (tertiary/aromatic N) is 2. The molecule has 1 aliphatic rings. The van der Waals surface area contributed by atoms with Crippen molar-refractivity contribution >= 4 is 43.2 Å². The van der Waals surface area contributed by atoms with Crippen molar-refractivity contribution < 1.29 is 40.6 Å². The first-order chi connectivity index (χ1) is 23.1. The molecular weight excluding hydrogens is 697 g/mol. The van der Waals surface area contributed by atoms with E-state index in [0.29, 0.717) is 24.5 Å². The van der Waals surface area contributed by atoms with Crippen LogP contribution in [0.5, 0.6) is 5.75 Å². The van der Waals surface area contributed by atoms with E-state index in [1.165, 1.54) is 60.5 Å². The molecule has 0 fully saturated rings.